The molecule has 3 aromatic rings. The van der Waals surface area contributed by atoms with Crippen LogP contribution in [0.4, 0.5) is 18.9 Å². The Morgan fingerprint density at radius 2 is 2.00 bits per heavy atom. The number of halogens is 3. The van der Waals surface area contributed by atoms with Gasteiger partial charge in [-0.2, -0.15) is 13.2 Å². The van der Waals surface area contributed by atoms with Crippen LogP contribution in [-0.2, 0) is 22.3 Å². The van der Waals surface area contributed by atoms with Crippen molar-refractivity contribution < 1.29 is 32.0 Å². The predicted octanol–water partition coefficient (Wildman–Crippen LogP) is 2.86. The molecular weight excluding hydrogens is 441 g/mol. The van der Waals surface area contributed by atoms with Gasteiger partial charge in [0.1, 0.15) is 18.3 Å². The van der Waals surface area contributed by atoms with E-state index < -0.39 is 48.0 Å². The molecule has 2 atom stereocenters. The number of anilines is 1. The number of amides is 2. The minimum Gasteiger partial charge on any atom is -0.488 e. The van der Waals surface area contributed by atoms with Gasteiger partial charge in [-0.15, -0.1) is 0 Å². The number of nitrogens with one attached hydrogen (secondary N) is 2. The number of carbonyl (C=O) groups excluding carboxylic acids is 2. The Morgan fingerprint density at radius 1 is 1.24 bits per heavy atom. The summed E-state index contributed by atoms with van der Waals surface area (Å²) in [5.74, 6) is -1.60. The van der Waals surface area contributed by atoms with Gasteiger partial charge in [-0.3, -0.25) is 9.59 Å². The van der Waals surface area contributed by atoms with Crippen LogP contribution in [-0.4, -0.2) is 42.7 Å². The zero-order chi connectivity index (χ0) is 23.8. The number of carbonyl (C=O) groups is 2. The molecule has 0 radical (unpaired) electrons. The van der Waals surface area contributed by atoms with Gasteiger partial charge in [0.15, 0.2) is 11.3 Å². The van der Waals surface area contributed by atoms with Crippen LogP contribution in [0.1, 0.15) is 18.2 Å². The van der Waals surface area contributed by atoms with E-state index in [-0.39, 0.29) is 12.2 Å². The zero-order valence-electron chi connectivity index (χ0n) is 17.8. The van der Waals surface area contributed by atoms with Crippen LogP contribution in [0.2, 0.25) is 0 Å². The van der Waals surface area contributed by atoms with Crippen LogP contribution < -0.4 is 20.3 Å². The van der Waals surface area contributed by atoms with Crippen LogP contribution in [0.5, 0.6) is 5.75 Å². The highest BCUT2D eigenvalue weighted by molar-refractivity contribution is 6.02. The van der Waals surface area contributed by atoms with E-state index in [1.54, 1.807) is 38.2 Å². The summed E-state index contributed by atoms with van der Waals surface area (Å²) in [7, 11) is 1.57. The van der Waals surface area contributed by atoms with Gasteiger partial charge >= 0.3 is 6.18 Å². The van der Waals surface area contributed by atoms with Crippen molar-refractivity contribution >= 4 is 28.5 Å². The third-order valence-corrected chi connectivity index (χ3v) is 5.45. The van der Waals surface area contributed by atoms with Crippen molar-refractivity contribution in [2.45, 2.75) is 31.7 Å². The van der Waals surface area contributed by atoms with Gasteiger partial charge in [-0.1, -0.05) is 23.4 Å². The number of ether oxygens (including phenoxy) is 1. The second kappa shape index (κ2) is 8.74. The third-order valence-electron chi connectivity index (χ3n) is 5.45. The van der Waals surface area contributed by atoms with Crippen molar-refractivity contribution in [3.8, 4) is 5.75 Å². The lowest BCUT2D eigenvalue weighted by Crippen LogP contribution is -2.53. The van der Waals surface area contributed by atoms with Crippen LogP contribution in [0.25, 0.3) is 11.0 Å². The summed E-state index contributed by atoms with van der Waals surface area (Å²) in [4.78, 5) is 27.0. The van der Waals surface area contributed by atoms with E-state index in [2.05, 4.69) is 15.8 Å². The molecule has 0 aliphatic carbocycles. The van der Waals surface area contributed by atoms with Crippen molar-refractivity contribution in [3.63, 3.8) is 0 Å². The van der Waals surface area contributed by atoms with Gasteiger partial charge in [0.05, 0.1) is 23.8 Å². The second-order valence-electron chi connectivity index (χ2n) is 7.58. The first-order valence-corrected chi connectivity index (χ1v) is 10.2. The SMILES string of the molecule is CN[C@@H](C)C(=O)NC1COc2c(cccc2C(F)(F)F)N(Cc2noc3ccccc23)C1=O. The molecule has 0 bridgehead atoms. The van der Waals surface area contributed by atoms with Gasteiger partial charge in [0.2, 0.25) is 5.91 Å². The number of benzene rings is 2. The van der Waals surface area contributed by atoms with Crippen LogP contribution in [0, 0.1) is 0 Å². The monoisotopic (exact) mass is 462 g/mol. The minimum absolute atomic E-state index is 0.0691. The summed E-state index contributed by atoms with van der Waals surface area (Å²) < 4.78 is 51.8. The second-order valence-corrected chi connectivity index (χ2v) is 7.58. The molecule has 2 N–H and O–H groups in total. The van der Waals surface area contributed by atoms with Gasteiger partial charge in [0, 0.05) is 5.39 Å². The van der Waals surface area contributed by atoms with E-state index in [0.29, 0.717) is 16.7 Å². The number of likely N-dealkylation sites (N-methyl/N-ethyl adjacent to an activating group) is 1. The molecular formula is C22H21F3N4O4. The summed E-state index contributed by atoms with van der Waals surface area (Å²) in [6.45, 7) is 0.950. The molecule has 2 heterocycles. The molecule has 2 amide bonds. The van der Waals surface area contributed by atoms with Gasteiger partial charge in [0.25, 0.3) is 5.91 Å². The Bertz CT molecular complexity index is 1190. The van der Waals surface area contributed by atoms with Crippen LogP contribution in [0.3, 0.4) is 0 Å². The van der Waals surface area contributed by atoms with Crippen molar-refractivity contribution in [1.29, 1.82) is 0 Å². The lowest BCUT2D eigenvalue weighted by molar-refractivity contribution is -0.139. The largest absolute Gasteiger partial charge is 0.488 e. The predicted molar refractivity (Wildman–Crippen MR) is 113 cm³/mol. The average molecular weight is 462 g/mol. The number of rotatable bonds is 5. The van der Waals surface area contributed by atoms with E-state index in [1.807, 2.05) is 0 Å². The highest BCUT2D eigenvalue weighted by Crippen LogP contribution is 2.43. The van der Waals surface area contributed by atoms with Crippen molar-refractivity contribution in [3.05, 3.63) is 53.7 Å². The van der Waals surface area contributed by atoms with Gasteiger partial charge in [-0.05, 0) is 38.2 Å². The fourth-order valence-corrected chi connectivity index (χ4v) is 3.55. The highest BCUT2D eigenvalue weighted by atomic mass is 19.4. The number of hydrogen-bond acceptors (Lipinski definition) is 6. The van der Waals surface area contributed by atoms with Crippen molar-refractivity contribution in [2.75, 3.05) is 18.6 Å². The maximum absolute atomic E-state index is 13.7. The maximum Gasteiger partial charge on any atom is 0.420 e. The Kier molecular flexibility index (Phi) is 5.98. The smallest absolute Gasteiger partial charge is 0.420 e. The normalized spacial score (nSPS) is 17.3. The van der Waals surface area contributed by atoms with Gasteiger partial charge in [-0.25, -0.2) is 0 Å². The molecule has 1 unspecified atom stereocenters. The highest BCUT2D eigenvalue weighted by Gasteiger charge is 2.40. The summed E-state index contributed by atoms with van der Waals surface area (Å²) in [6, 6.07) is 8.56. The number of para-hydroxylation sites is 2. The molecule has 1 aliphatic rings. The fraction of sp³-hybridized carbons (Fsp3) is 0.318. The first-order valence-electron chi connectivity index (χ1n) is 10.2. The first kappa shape index (κ1) is 22.6. The molecule has 1 aliphatic heterocycles. The summed E-state index contributed by atoms with van der Waals surface area (Å²) in [5.41, 5.74) is -0.250. The number of fused-ring (bicyclic) bond motifs is 2. The molecule has 2 aromatic carbocycles. The molecule has 174 valence electrons. The van der Waals surface area contributed by atoms with E-state index >= 15 is 0 Å². The lowest BCUT2D eigenvalue weighted by Gasteiger charge is -2.25. The Balaban J connectivity index is 1.78. The number of aromatic nitrogens is 1. The summed E-state index contributed by atoms with van der Waals surface area (Å²) in [6.07, 6.45) is -4.70. The molecule has 0 saturated heterocycles. The summed E-state index contributed by atoms with van der Waals surface area (Å²) >= 11 is 0. The Morgan fingerprint density at radius 3 is 2.73 bits per heavy atom. The van der Waals surface area contributed by atoms with Crippen LogP contribution in [0.15, 0.2) is 47.0 Å². The maximum atomic E-state index is 13.7. The van der Waals surface area contributed by atoms with Crippen LogP contribution >= 0.6 is 0 Å². The Hall–Kier alpha value is -3.60. The van der Waals surface area contributed by atoms with E-state index in [9.17, 15) is 22.8 Å². The molecule has 1 aromatic heterocycles. The van der Waals surface area contributed by atoms with E-state index in [1.165, 1.54) is 12.1 Å². The first-order chi connectivity index (χ1) is 15.7. The molecule has 8 nitrogen and oxygen atoms in total. The minimum atomic E-state index is -4.70. The molecule has 0 saturated carbocycles. The molecule has 4 rings (SSSR count). The lowest BCUT2D eigenvalue weighted by atomic mass is 10.1. The number of hydrogen-bond donors (Lipinski definition) is 2. The van der Waals surface area contributed by atoms with E-state index in [0.717, 1.165) is 11.0 Å². The summed E-state index contributed by atoms with van der Waals surface area (Å²) in [5, 5.41) is 9.92. The fourth-order valence-electron chi connectivity index (χ4n) is 3.55. The average Bonchev–Trinajstić information content (AvgIpc) is 3.15. The number of alkyl halides is 3. The molecule has 0 fully saturated rings. The molecule has 33 heavy (non-hydrogen) atoms. The van der Waals surface area contributed by atoms with Gasteiger partial charge < -0.3 is 24.8 Å². The molecule has 0 spiro atoms. The third kappa shape index (κ3) is 4.36. The van der Waals surface area contributed by atoms with E-state index in [4.69, 9.17) is 9.26 Å². The van der Waals surface area contributed by atoms with Crippen molar-refractivity contribution in [1.82, 2.24) is 15.8 Å². The Labute approximate surface area is 186 Å². The zero-order valence-corrected chi connectivity index (χ0v) is 17.8. The standard InChI is InChI=1S/C22H21F3N4O4/c1-12(26-2)20(30)27-16-11-32-19-14(22(23,24)25)7-5-8-17(19)29(21(16)31)10-15-13-6-3-4-9-18(13)33-28-15/h3-9,12,16,26H,10-11H2,1-2H3,(H,27,30)/t12-,16?/m0/s1. The van der Waals surface area contributed by atoms with Crippen molar-refractivity contribution in [2.24, 2.45) is 0 Å². The topological polar surface area (TPSA) is 96.7 Å². The molecule has 11 heteroatoms. The quantitative estimate of drug-likeness (QED) is 0.606. The number of nitrogens with zero attached hydrogens (tertiary/aromatic N) is 2.